The number of hydrogen-bond acceptors (Lipinski definition) is 2. The van der Waals surface area contributed by atoms with E-state index in [1.807, 2.05) is 12.1 Å². The lowest BCUT2D eigenvalue weighted by Gasteiger charge is -2.10. The van der Waals surface area contributed by atoms with Gasteiger partial charge < -0.3 is 4.74 Å². The van der Waals surface area contributed by atoms with Crippen LogP contribution in [-0.2, 0) is 4.74 Å². The SMILES string of the molecule is C[C@H]1CO[C@@H](c2cccc(Br)c2)N1. The maximum Gasteiger partial charge on any atom is 0.134 e. The van der Waals surface area contributed by atoms with E-state index in [1.54, 1.807) is 0 Å². The van der Waals surface area contributed by atoms with Crippen LogP contribution in [0.4, 0.5) is 0 Å². The molecule has 3 heteroatoms. The van der Waals surface area contributed by atoms with Crippen LogP contribution in [0.2, 0.25) is 0 Å². The summed E-state index contributed by atoms with van der Waals surface area (Å²) in [7, 11) is 0. The van der Waals surface area contributed by atoms with Gasteiger partial charge in [-0.3, -0.25) is 5.32 Å². The highest BCUT2D eigenvalue weighted by Crippen LogP contribution is 2.22. The minimum absolute atomic E-state index is 0.0625. The Labute approximate surface area is 86.4 Å². The maximum absolute atomic E-state index is 5.57. The van der Waals surface area contributed by atoms with Crippen molar-refractivity contribution in [2.24, 2.45) is 0 Å². The molecule has 1 fully saturated rings. The minimum atomic E-state index is 0.0625. The molecule has 0 bridgehead atoms. The second kappa shape index (κ2) is 3.78. The second-order valence-corrected chi connectivity index (χ2v) is 4.25. The van der Waals surface area contributed by atoms with Crippen molar-refractivity contribution in [2.75, 3.05) is 6.61 Å². The van der Waals surface area contributed by atoms with Gasteiger partial charge in [0.1, 0.15) is 6.23 Å². The molecule has 0 unspecified atom stereocenters. The van der Waals surface area contributed by atoms with E-state index in [0.29, 0.717) is 6.04 Å². The van der Waals surface area contributed by atoms with Crippen LogP contribution in [0, 0.1) is 0 Å². The Morgan fingerprint density at radius 3 is 3.00 bits per heavy atom. The Morgan fingerprint density at radius 1 is 1.54 bits per heavy atom. The zero-order valence-corrected chi connectivity index (χ0v) is 9.04. The van der Waals surface area contributed by atoms with Crippen LogP contribution in [0.15, 0.2) is 28.7 Å². The quantitative estimate of drug-likeness (QED) is 0.816. The molecule has 0 spiro atoms. The Morgan fingerprint density at radius 2 is 2.38 bits per heavy atom. The smallest absolute Gasteiger partial charge is 0.134 e. The highest BCUT2D eigenvalue weighted by molar-refractivity contribution is 9.10. The first-order valence-electron chi connectivity index (χ1n) is 4.39. The van der Waals surface area contributed by atoms with Gasteiger partial charge in [0.15, 0.2) is 0 Å². The monoisotopic (exact) mass is 241 g/mol. The van der Waals surface area contributed by atoms with Crippen molar-refractivity contribution >= 4 is 15.9 Å². The lowest BCUT2D eigenvalue weighted by molar-refractivity contribution is 0.101. The van der Waals surface area contributed by atoms with Gasteiger partial charge in [0.05, 0.1) is 6.61 Å². The van der Waals surface area contributed by atoms with Crippen LogP contribution in [0.3, 0.4) is 0 Å². The van der Waals surface area contributed by atoms with Crippen molar-refractivity contribution in [1.29, 1.82) is 0 Å². The summed E-state index contributed by atoms with van der Waals surface area (Å²) in [5.41, 5.74) is 1.18. The summed E-state index contributed by atoms with van der Waals surface area (Å²) in [6, 6.07) is 8.63. The van der Waals surface area contributed by atoms with Crippen LogP contribution in [0.5, 0.6) is 0 Å². The van der Waals surface area contributed by atoms with E-state index < -0.39 is 0 Å². The summed E-state index contributed by atoms with van der Waals surface area (Å²) in [6.45, 7) is 2.91. The van der Waals surface area contributed by atoms with E-state index in [-0.39, 0.29) is 6.23 Å². The van der Waals surface area contributed by atoms with Crippen molar-refractivity contribution in [3.8, 4) is 0 Å². The molecular formula is C10H12BrNO. The second-order valence-electron chi connectivity index (χ2n) is 3.34. The van der Waals surface area contributed by atoms with Gasteiger partial charge in [-0.1, -0.05) is 28.1 Å². The molecule has 2 atom stereocenters. The molecule has 1 aromatic rings. The van der Waals surface area contributed by atoms with E-state index in [0.717, 1.165) is 11.1 Å². The lowest BCUT2D eigenvalue weighted by atomic mass is 10.2. The summed E-state index contributed by atoms with van der Waals surface area (Å²) >= 11 is 3.44. The molecule has 0 amide bonds. The van der Waals surface area contributed by atoms with Crippen molar-refractivity contribution < 1.29 is 4.74 Å². The predicted molar refractivity (Wildman–Crippen MR) is 55.4 cm³/mol. The van der Waals surface area contributed by atoms with E-state index in [4.69, 9.17) is 4.74 Å². The lowest BCUT2D eigenvalue weighted by Crippen LogP contribution is -2.22. The molecule has 0 radical (unpaired) electrons. The molecule has 1 aliphatic rings. The highest BCUT2D eigenvalue weighted by atomic mass is 79.9. The molecule has 13 heavy (non-hydrogen) atoms. The van der Waals surface area contributed by atoms with Crippen LogP contribution < -0.4 is 5.32 Å². The summed E-state index contributed by atoms with van der Waals surface area (Å²) in [4.78, 5) is 0. The van der Waals surface area contributed by atoms with Gasteiger partial charge in [-0.2, -0.15) is 0 Å². The van der Waals surface area contributed by atoms with E-state index in [9.17, 15) is 0 Å². The summed E-state index contributed by atoms with van der Waals surface area (Å²) in [5.74, 6) is 0. The van der Waals surface area contributed by atoms with Gasteiger partial charge in [-0.25, -0.2) is 0 Å². The minimum Gasteiger partial charge on any atom is -0.357 e. The molecule has 1 heterocycles. The molecule has 1 saturated heterocycles. The third kappa shape index (κ3) is 2.10. The Balaban J connectivity index is 2.16. The van der Waals surface area contributed by atoms with E-state index >= 15 is 0 Å². The fraction of sp³-hybridized carbons (Fsp3) is 0.400. The third-order valence-corrected chi connectivity index (χ3v) is 2.59. The Bertz CT molecular complexity index is 303. The number of rotatable bonds is 1. The van der Waals surface area contributed by atoms with Crippen LogP contribution in [0.25, 0.3) is 0 Å². The zero-order valence-electron chi connectivity index (χ0n) is 7.46. The number of halogens is 1. The third-order valence-electron chi connectivity index (χ3n) is 2.10. The maximum atomic E-state index is 5.57. The predicted octanol–water partition coefficient (Wildman–Crippen LogP) is 2.46. The molecule has 70 valence electrons. The first-order chi connectivity index (χ1) is 6.25. The Kier molecular flexibility index (Phi) is 2.67. The first kappa shape index (κ1) is 9.19. The fourth-order valence-electron chi connectivity index (χ4n) is 1.46. The fourth-order valence-corrected chi connectivity index (χ4v) is 1.87. The number of benzene rings is 1. The van der Waals surface area contributed by atoms with Crippen molar-refractivity contribution in [3.63, 3.8) is 0 Å². The first-order valence-corrected chi connectivity index (χ1v) is 5.18. The number of hydrogen-bond donors (Lipinski definition) is 1. The summed E-state index contributed by atoms with van der Waals surface area (Å²) in [6.07, 6.45) is 0.0625. The number of nitrogens with one attached hydrogen (secondary N) is 1. The van der Waals surface area contributed by atoms with Crippen LogP contribution in [0.1, 0.15) is 18.7 Å². The normalized spacial score (nSPS) is 27.8. The molecule has 0 aliphatic carbocycles. The number of ether oxygens (including phenoxy) is 1. The van der Waals surface area contributed by atoms with E-state index in [1.165, 1.54) is 5.56 Å². The average molecular weight is 242 g/mol. The van der Waals surface area contributed by atoms with Crippen molar-refractivity contribution in [3.05, 3.63) is 34.3 Å². The topological polar surface area (TPSA) is 21.3 Å². The molecule has 1 aromatic carbocycles. The molecule has 0 aromatic heterocycles. The van der Waals surface area contributed by atoms with Crippen molar-refractivity contribution in [1.82, 2.24) is 5.32 Å². The van der Waals surface area contributed by atoms with Gasteiger partial charge in [0.2, 0.25) is 0 Å². The van der Waals surface area contributed by atoms with Gasteiger partial charge in [-0.15, -0.1) is 0 Å². The molecular weight excluding hydrogens is 230 g/mol. The molecule has 2 nitrogen and oxygen atoms in total. The van der Waals surface area contributed by atoms with Crippen molar-refractivity contribution in [2.45, 2.75) is 19.2 Å². The average Bonchev–Trinajstić information content (AvgIpc) is 2.52. The largest absolute Gasteiger partial charge is 0.357 e. The molecule has 1 aliphatic heterocycles. The molecule has 0 saturated carbocycles. The molecule has 2 rings (SSSR count). The van der Waals surface area contributed by atoms with Crippen LogP contribution in [-0.4, -0.2) is 12.6 Å². The van der Waals surface area contributed by atoms with Gasteiger partial charge >= 0.3 is 0 Å². The van der Waals surface area contributed by atoms with Gasteiger partial charge in [-0.05, 0) is 24.6 Å². The summed E-state index contributed by atoms with van der Waals surface area (Å²) in [5, 5.41) is 3.35. The zero-order chi connectivity index (χ0) is 9.26. The summed E-state index contributed by atoms with van der Waals surface area (Å²) < 4.78 is 6.67. The Hall–Kier alpha value is -0.380. The highest BCUT2D eigenvalue weighted by Gasteiger charge is 2.21. The van der Waals surface area contributed by atoms with Gasteiger partial charge in [0.25, 0.3) is 0 Å². The van der Waals surface area contributed by atoms with E-state index in [2.05, 4.69) is 40.3 Å². The standard InChI is InChI=1S/C10H12BrNO/c1-7-6-13-10(12-7)8-3-2-4-9(11)5-8/h2-5,7,10,12H,6H2,1H3/t7-,10-/m0/s1. The molecule has 1 N–H and O–H groups in total. The van der Waals surface area contributed by atoms with Gasteiger partial charge in [0, 0.05) is 10.5 Å². The van der Waals surface area contributed by atoms with Crippen LogP contribution >= 0.6 is 15.9 Å².